The fourth-order valence-electron chi connectivity index (χ4n) is 2.29. The summed E-state index contributed by atoms with van der Waals surface area (Å²) >= 11 is 0. The van der Waals surface area contributed by atoms with Crippen molar-refractivity contribution in [1.82, 2.24) is 0 Å². The molecule has 0 saturated heterocycles. The predicted molar refractivity (Wildman–Crippen MR) is 83.3 cm³/mol. The molecule has 0 aliphatic rings. The summed E-state index contributed by atoms with van der Waals surface area (Å²) in [6.07, 6.45) is 1.10. The number of hydrogen-bond donors (Lipinski definition) is 1. The number of nitrogens with one attached hydrogen (secondary N) is 1. The van der Waals surface area contributed by atoms with Crippen molar-refractivity contribution in [3.8, 4) is 0 Å². The Morgan fingerprint density at radius 2 is 1.37 bits per heavy atom. The van der Waals surface area contributed by atoms with Gasteiger partial charge in [-0.1, -0.05) is 69.3 Å². The molecule has 0 saturated carbocycles. The summed E-state index contributed by atoms with van der Waals surface area (Å²) in [6.45, 7) is 6.86. The topological polar surface area (TPSA) is 12.0 Å². The van der Waals surface area contributed by atoms with E-state index in [-0.39, 0.29) is 0 Å². The van der Waals surface area contributed by atoms with Gasteiger partial charge in [0.25, 0.3) is 0 Å². The second kappa shape index (κ2) is 5.92. The monoisotopic (exact) mass is 253 g/mol. The van der Waals surface area contributed by atoms with E-state index in [1.807, 2.05) is 6.07 Å². The van der Waals surface area contributed by atoms with Gasteiger partial charge in [0.15, 0.2) is 0 Å². The van der Waals surface area contributed by atoms with E-state index in [0.29, 0.717) is 11.5 Å². The molecule has 2 rings (SSSR count). The molecule has 1 heteroatoms. The molecule has 0 amide bonds. The maximum absolute atomic E-state index is 3.65. The summed E-state index contributed by atoms with van der Waals surface area (Å²) in [4.78, 5) is 0. The van der Waals surface area contributed by atoms with Gasteiger partial charge in [0.1, 0.15) is 0 Å². The third-order valence-electron chi connectivity index (χ3n) is 3.13. The smallest absolute Gasteiger partial charge is 0.0518 e. The molecule has 1 N–H and O–H groups in total. The molecule has 19 heavy (non-hydrogen) atoms. The molecule has 1 unspecified atom stereocenters. The lowest BCUT2D eigenvalue weighted by molar-refractivity contribution is 0.352. The van der Waals surface area contributed by atoms with Crippen LogP contribution in [0.2, 0.25) is 0 Å². The van der Waals surface area contributed by atoms with Crippen molar-refractivity contribution in [2.24, 2.45) is 5.41 Å². The number of rotatable bonds is 4. The summed E-state index contributed by atoms with van der Waals surface area (Å²) < 4.78 is 0. The van der Waals surface area contributed by atoms with Crippen LogP contribution in [0.15, 0.2) is 60.7 Å². The summed E-state index contributed by atoms with van der Waals surface area (Å²) in [5, 5.41) is 3.65. The molecule has 1 nitrogen and oxygen atoms in total. The van der Waals surface area contributed by atoms with Crippen LogP contribution < -0.4 is 5.32 Å². The summed E-state index contributed by atoms with van der Waals surface area (Å²) in [5.41, 5.74) is 2.82. The van der Waals surface area contributed by atoms with Gasteiger partial charge in [-0.25, -0.2) is 0 Å². The van der Waals surface area contributed by atoms with Crippen molar-refractivity contribution in [3.05, 3.63) is 66.2 Å². The molecular weight excluding hydrogens is 230 g/mol. The van der Waals surface area contributed by atoms with Crippen LogP contribution in [-0.4, -0.2) is 0 Å². The molecule has 0 spiro atoms. The van der Waals surface area contributed by atoms with Crippen LogP contribution in [0.1, 0.15) is 38.8 Å². The van der Waals surface area contributed by atoms with Crippen LogP contribution in [0.5, 0.6) is 0 Å². The minimum absolute atomic E-state index is 0.294. The lowest BCUT2D eigenvalue weighted by atomic mass is 9.85. The average Bonchev–Trinajstić information content (AvgIpc) is 2.39. The maximum atomic E-state index is 3.65. The van der Waals surface area contributed by atoms with Crippen molar-refractivity contribution >= 4 is 5.69 Å². The highest BCUT2D eigenvalue weighted by molar-refractivity contribution is 5.45. The second-order valence-corrected chi connectivity index (χ2v) is 6.24. The molecule has 0 radical (unpaired) electrons. The van der Waals surface area contributed by atoms with E-state index in [4.69, 9.17) is 0 Å². The molecule has 0 heterocycles. The Balaban J connectivity index is 2.20. The first-order valence-corrected chi connectivity index (χ1v) is 6.91. The highest BCUT2D eigenvalue weighted by Crippen LogP contribution is 2.31. The normalized spacial score (nSPS) is 13.0. The Morgan fingerprint density at radius 3 is 1.89 bits per heavy atom. The predicted octanol–water partition coefficient (Wildman–Crippen LogP) is 5.28. The van der Waals surface area contributed by atoms with Crippen molar-refractivity contribution in [2.75, 3.05) is 5.32 Å². The Labute approximate surface area is 116 Å². The molecule has 0 aliphatic carbocycles. The Morgan fingerprint density at radius 1 is 0.842 bits per heavy atom. The molecule has 0 bridgehead atoms. The van der Waals surface area contributed by atoms with Gasteiger partial charge < -0.3 is 5.32 Å². The van der Waals surface area contributed by atoms with Gasteiger partial charge in [-0.05, 0) is 29.5 Å². The van der Waals surface area contributed by atoms with E-state index in [1.165, 1.54) is 11.3 Å². The minimum atomic E-state index is 0.294. The third kappa shape index (κ3) is 4.44. The van der Waals surface area contributed by atoms with E-state index in [1.54, 1.807) is 0 Å². The van der Waals surface area contributed by atoms with Crippen LogP contribution in [-0.2, 0) is 0 Å². The first-order chi connectivity index (χ1) is 9.04. The van der Waals surface area contributed by atoms with Crippen LogP contribution >= 0.6 is 0 Å². The Bertz CT molecular complexity index is 482. The fraction of sp³-hybridized carbons (Fsp3) is 0.333. The average molecular weight is 253 g/mol. The first kappa shape index (κ1) is 13.7. The van der Waals surface area contributed by atoms with E-state index in [9.17, 15) is 0 Å². The van der Waals surface area contributed by atoms with Gasteiger partial charge in [-0.15, -0.1) is 0 Å². The standard InChI is InChI=1S/C18H23N/c1-18(2,3)14-17(15-10-6-4-7-11-15)19-16-12-8-5-9-13-16/h4-13,17,19H,14H2,1-3H3. The van der Waals surface area contributed by atoms with Crippen molar-refractivity contribution in [3.63, 3.8) is 0 Å². The van der Waals surface area contributed by atoms with E-state index < -0.39 is 0 Å². The van der Waals surface area contributed by atoms with Crippen LogP contribution in [0, 0.1) is 5.41 Å². The number of para-hydroxylation sites is 1. The highest BCUT2D eigenvalue weighted by Gasteiger charge is 2.19. The largest absolute Gasteiger partial charge is 0.378 e. The zero-order valence-corrected chi connectivity index (χ0v) is 12.1. The first-order valence-electron chi connectivity index (χ1n) is 6.91. The second-order valence-electron chi connectivity index (χ2n) is 6.24. The molecule has 0 aromatic heterocycles. The summed E-state index contributed by atoms with van der Waals surface area (Å²) in [5.74, 6) is 0. The van der Waals surface area contributed by atoms with E-state index in [2.05, 4.69) is 80.7 Å². The van der Waals surface area contributed by atoms with Crippen molar-refractivity contribution in [2.45, 2.75) is 33.2 Å². The van der Waals surface area contributed by atoms with Crippen molar-refractivity contribution in [1.29, 1.82) is 0 Å². The lowest BCUT2D eigenvalue weighted by Gasteiger charge is -2.28. The highest BCUT2D eigenvalue weighted by atomic mass is 14.9. The third-order valence-corrected chi connectivity index (χ3v) is 3.13. The van der Waals surface area contributed by atoms with E-state index >= 15 is 0 Å². The fourth-order valence-corrected chi connectivity index (χ4v) is 2.29. The summed E-state index contributed by atoms with van der Waals surface area (Å²) in [7, 11) is 0. The molecule has 2 aromatic carbocycles. The van der Waals surface area contributed by atoms with Crippen LogP contribution in [0.3, 0.4) is 0 Å². The van der Waals surface area contributed by atoms with Crippen molar-refractivity contribution < 1.29 is 0 Å². The SMILES string of the molecule is CC(C)(C)CC(Nc1ccccc1)c1ccccc1. The molecular formula is C18H23N. The van der Waals surface area contributed by atoms with Crippen LogP contribution in [0.25, 0.3) is 0 Å². The van der Waals surface area contributed by atoms with Gasteiger partial charge in [0.05, 0.1) is 6.04 Å². The van der Waals surface area contributed by atoms with Gasteiger partial charge in [0.2, 0.25) is 0 Å². The molecule has 100 valence electrons. The van der Waals surface area contributed by atoms with Gasteiger partial charge >= 0.3 is 0 Å². The number of benzene rings is 2. The molecule has 0 fully saturated rings. The number of anilines is 1. The zero-order chi connectivity index (χ0) is 13.7. The summed E-state index contributed by atoms with van der Waals surface area (Å²) in [6, 6.07) is 21.5. The zero-order valence-electron chi connectivity index (χ0n) is 12.1. The number of hydrogen-bond acceptors (Lipinski definition) is 1. The van der Waals surface area contributed by atoms with Crippen LogP contribution in [0.4, 0.5) is 5.69 Å². The minimum Gasteiger partial charge on any atom is -0.378 e. The quantitative estimate of drug-likeness (QED) is 0.782. The maximum Gasteiger partial charge on any atom is 0.0518 e. The molecule has 0 aliphatic heterocycles. The Kier molecular flexibility index (Phi) is 4.26. The van der Waals surface area contributed by atoms with E-state index in [0.717, 1.165) is 6.42 Å². The lowest BCUT2D eigenvalue weighted by Crippen LogP contribution is -2.18. The van der Waals surface area contributed by atoms with Gasteiger partial charge in [0, 0.05) is 5.69 Å². The molecule has 2 aromatic rings. The molecule has 1 atom stereocenters. The van der Waals surface area contributed by atoms with Gasteiger partial charge in [-0.3, -0.25) is 0 Å². The Hall–Kier alpha value is -1.76. The van der Waals surface area contributed by atoms with Gasteiger partial charge in [-0.2, -0.15) is 0 Å².